The number of amides is 4. The van der Waals surface area contributed by atoms with Gasteiger partial charge in [-0.3, -0.25) is 9.59 Å². The second-order valence-corrected chi connectivity index (χ2v) is 12.0. The topological polar surface area (TPSA) is 97.0 Å². The van der Waals surface area contributed by atoms with Gasteiger partial charge in [0, 0.05) is 10.4 Å². The van der Waals surface area contributed by atoms with E-state index in [0.29, 0.717) is 35.2 Å². The zero-order valence-corrected chi connectivity index (χ0v) is 25.7. The van der Waals surface area contributed by atoms with Gasteiger partial charge in [0.1, 0.15) is 24.4 Å². The summed E-state index contributed by atoms with van der Waals surface area (Å²) in [6.45, 7) is 8.55. The number of hydrogen-bond donors (Lipinski definition) is 2. The molecule has 0 saturated carbocycles. The number of imide groups is 1. The van der Waals surface area contributed by atoms with Crippen molar-refractivity contribution in [3.8, 4) is 5.75 Å². The zero-order chi connectivity index (χ0) is 29.7. The molecule has 0 spiro atoms. The lowest BCUT2D eigenvalue weighted by atomic mass is 9.91. The fourth-order valence-corrected chi connectivity index (χ4v) is 5.27. The van der Waals surface area contributed by atoms with E-state index in [2.05, 4.69) is 26.6 Å². The number of carbonyl (C=O) groups excluding carboxylic acids is 3. The summed E-state index contributed by atoms with van der Waals surface area (Å²) in [5.74, 6) is -0.950. The molecule has 3 aromatic rings. The van der Waals surface area contributed by atoms with Crippen molar-refractivity contribution in [1.29, 1.82) is 0 Å². The molecule has 1 aliphatic rings. The second kappa shape index (κ2) is 13.1. The van der Waals surface area contributed by atoms with E-state index in [1.807, 2.05) is 58.0 Å². The lowest BCUT2D eigenvalue weighted by Crippen LogP contribution is -2.50. The summed E-state index contributed by atoms with van der Waals surface area (Å²) in [5.41, 5.74) is 1.50. The number of nitrogens with zero attached hydrogens (tertiary/aromatic N) is 1. The second-order valence-electron chi connectivity index (χ2n) is 10.7. The van der Waals surface area contributed by atoms with Gasteiger partial charge in [0.2, 0.25) is 5.91 Å². The number of benzene rings is 3. The van der Waals surface area contributed by atoms with Crippen LogP contribution in [0.4, 0.5) is 10.5 Å². The fourth-order valence-electron chi connectivity index (χ4n) is 4.55. The van der Waals surface area contributed by atoms with E-state index in [9.17, 15) is 14.4 Å². The van der Waals surface area contributed by atoms with Gasteiger partial charge in [-0.1, -0.05) is 76.9 Å². The molecular formula is C31H33BrClN3O5. The number of ether oxygens (including phenoxy) is 2. The Morgan fingerprint density at radius 3 is 2.37 bits per heavy atom. The minimum atomic E-state index is -1.14. The molecular weight excluding hydrogens is 610 g/mol. The van der Waals surface area contributed by atoms with Gasteiger partial charge in [-0.25, -0.2) is 9.69 Å². The van der Waals surface area contributed by atoms with E-state index in [1.54, 1.807) is 42.5 Å². The summed E-state index contributed by atoms with van der Waals surface area (Å²) in [6.07, 6.45) is 0. The first-order valence-corrected chi connectivity index (χ1v) is 14.4. The van der Waals surface area contributed by atoms with Gasteiger partial charge < -0.3 is 20.1 Å². The van der Waals surface area contributed by atoms with Crippen LogP contribution in [0.3, 0.4) is 0 Å². The molecule has 1 fully saturated rings. The highest BCUT2D eigenvalue weighted by atomic mass is 79.9. The first-order valence-electron chi connectivity index (χ1n) is 13.3. The number of urea groups is 1. The average molecular weight is 643 g/mol. The molecule has 4 amide bonds. The van der Waals surface area contributed by atoms with Gasteiger partial charge in [0.15, 0.2) is 0 Å². The SMILES string of the molecule is CC(c1ccccc1)C(C(=O)Nc1ccc(Br)cc1Cl)N1C(=O)NC(c2ccc(OCCOC(C)(C)C)cc2)C1=O. The third kappa shape index (κ3) is 7.67. The van der Waals surface area contributed by atoms with Gasteiger partial charge in [-0.2, -0.15) is 0 Å². The molecule has 1 aliphatic heterocycles. The Bertz CT molecular complexity index is 1400. The maximum atomic E-state index is 13.7. The van der Waals surface area contributed by atoms with Gasteiger partial charge in [-0.05, 0) is 62.2 Å². The standard InChI is InChI=1S/C31H33BrClN3O5/c1-19(20-8-6-5-7-9-20)27(28(37)34-25-15-12-22(32)18-24(25)33)36-29(38)26(35-30(36)39)21-10-13-23(14-11-21)40-16-17-41-31(2,3)4/h5-15,18-19,26-27H,16-17H2,1-4H3,(H,34,37)(H,35,39). The summed E-state index contributed by atoms with van der Waals surface area (Å²) >= 11 is 9.70. The number of anilines is 1. The molecule has 0 bridgehead atoms. The van der Waals surface area contributed by atoms with Crippen LogP contribution in [-0.4, -0.2) is 47.6 Å². The normalized spacial score (nSPS) is 16.7. The maximum absolute atomic E-state index is 13.7. The Kier molecular flexibility index (Phi) is 9.73. The number of nitrogens with one attached hydrogen (secondary N) is 2. The fraction of sp³-hybridized carbons (Fsp3) is 0.323. The molecule has 3 unspecified atom stereocenters. The Morgan fingerprint density at radius 2 is 1.73 bits per heavy atom. The van der Waals surface area contributed by atoms with Crippen molar-refractivity contribution in [3.63, 3.8) is 0 Å². The number of hydrogen-bond acceptors (Lipinski definition) is 5. The van der Waals surface area contributed by atoms with E-state index in [1.165, 1.54) is 0 Å². The third-order valence-electron chi connectivity index (χ3n) is 6.61. The van der Waals surface area contributed by atoms with Crippen molar-refractivity contribution in [2.45, 2.75) is 51.3 Å². The number of halogens is 2. The molecule has 0 aromatic heterocycles. The summed E-state index contributed by atoms with van der Waals surface area (Å²) in [6, 6.07) is 18.5. The van der Waals surface area contributed by atoms with Crippen LogP contribution in [0.5, 0.6) is 5.75 Å². The molecule has 3 aromatic carbocycles. The average Bonchev–Trinajstić information content (AvgIpc) is 3.22. The summed E-state index contributed by atoms with van der Waals surface area (Å²) < 4.78 is 12.2. The van der Waals surface area contributed by atoms with E-state index in [-0.39, 0.29) is 5.60 Å². The van der Waals surface area contributed by atoms with Crippen LogP contribution in [-0.2, 0) is 14.3 Å². The van der Waals surface area contributed by atoms with Crippen LogP contribution in [0.15, 0.2) is 77.3 Å². The molecule has 0 radical (unpaired) electrons. The molecule has 0 aliphatic carbocycles. The summed E-state index contributed by atoms with van der Waals surface area (Å²) in [4.78, 5) is 41.8. The predicted molar refractivity (Wildman–Crippen MR) is 162 cm³/mol. The molecule has 1 heterocycles. The lowest BCUT2D eigenvalue weighted by molar-refractivity contribution is -0.134. The van der Waals surface area contributed by atoms with E-state index >= 15 is 0 Å². The quantitative estimate of drug-likeness (QED) is 0.190. The predicted octanol–water partition coefficient (Wildman–Crippen LogP) is 6.70. The molecule has 4 rings (SSSR count). The first kappa shape index (κ1) is 30.6. The maximum Gasteiger partial charge on any atom is 0.325 e. The van der Waals surface area contributed by atoms with Crippen LogP contribution in [0, 0.1) is 0 Å². The third-order valence-corrected chi connectivity index (χ3v) is 7.41. The van der Waals surface area contributed by atoms with Crippen molar-refractivity contribution in [1.82, 2.24) is 10.2 Å². The van der Waals surface area contributed by atoms with Crippen LogP contribution in [0.2, 0.25) is 5.02 Å². The highest BCUT2D eigenvalue weighted by molar-refractivity contribution is 9.10. The van der Waals surface area contributed by atoms with Gasteiger partial charge in [0.25, 0.3) is 5.91 Å². The minimum absolute atomic E-state index is 0.253. The summed E-state index contributed by atoms with van der Waals surface area (Å²) in [7, 11) is 0. The Labute approximate surface area is 253 Å². The van der Waals surface area contributed by atoms with Crippen molar-refractivity contribution in [2.24, 2.45) is 0 Å². The van der Waals surface area contributed by atoms with E-state index in [0.717, 1.165) is 14.9 Å². The molecule has 41 heavy (non-hydrogen) atoms. The van der Waals surface area contributed by atoms with Gasteiger partial charge in [-0.15, -0.1) is 0 Å². The monoisotopic (exact) mass is 641 g/mol. The highest BCUT2D eigenvalue weighted by Gasteiger charge is 2.47. The van der Waals surface area contributed by atoms with Crippen LogP contribution in [0.25, 0.3) is 0 Å². The lowest BCUT2D eigenvalue weighted by Gasteiger charge is -2.30. The Morgan fingerprint density at radius 1 is 1.05 bits per heavy atom. The Balaban J connectivity index is 1.55. The number of carbonyl (C=O) groups is 3. The first-order chi connectivity index (χ1) is 19.4. The summed E-state index contributed by atoms with van der Waals surface area (Å²) in [5, 5.41) is 5.88. The van der Waals surface area contributed by atoms with Gasteiger partial charge in [0.05, 0.1) is 22.9 Å². The van der Waals surface area contributed by atoms with Gasteiger partial charge >= 0.3 is 6.03 Å². The molecule has 216 valence electrons. The van der Waals surface area contributed by atoms with Crippen molar-refractivity contribution in [2.75, 3.05) is 18.5 Å². The molecule has 1 saturated heterocycles. The van der Waals surface area contributed by atoms with Crippen molar-refractivity contribution >= 4 is 51.1 Å². The molecule has 10 heteroatoms. The van der Waals surface area contributed by atoms with Crippen LogP contribution in [0.1, 0.15) is 50.8 Å². The largest absolute Gasteiger partial charge is 0.491 e. The zero-order valence-electron chi connectivity index (χ0n) is 23.3. The van der Waals surface area contributed by atoms with Crippen molar-refractivity contribution < 1.29 is 23.9 Å². The molecule has 3 atom stereocenters. The van der Waals surface area contributed by atoms with Crippen LogP contribution < -0.4 is 15.4 Å². The molecule has 2 N–H and O–H groups in total. The number of rotatable bonds is 10. The minimum Gasteiger partial charge on any atom is -0.491 e. The van der Waals surface area contributed by atoms with Crippen molar-refractivity contribution in [3.05, 3.63) is 93.4 Å². The van der Waals surface area contributed by atoms with E-state index in [4.69, 9.17) is 21.1 Å². The molecule has 8 nitrogen and oxygen atoms in total. The smallest absolute Gasteiger partial charge is 0.325 e. The highest BCUT2D eigenvalue weighted by Crippen LogP contribution is 2.33. The Hall–Kier alpha value is -3.40. The van der Waals surface area contributed by atoms with E-state index < -0.39 is 35.8 Å². The van der Waals surface area contributed by atoms with Crippen LogP contribution >= 0.6 is 27.5 Å².